The number of hydrogen-bond donors (Lipinski definition) is 4. The van der Waals surface area contributed by atoms with Gasteiger partial charge in [-0.3, -0.25) is 9.48 Å². The standard InChI is InChI=1S/C17H22ClN5O2/c1-17(25)7-6-14(13(19)8-17)23-9-12(15(20)24)16(22-23)21-11-4-2-10(18)3-5-11/h2-5,9,13-14,25H,6-8,19H2,1H3,(H2,20,24)(H,21,22)/t13-,14-,17-/m0/s1. The van der Waals surface area contributed by atoms with Crippen molar-refractivity contribution < 1.29 is 9.90 Å². The number of aromatic nitrogens is 2. The van der Waals surface area contributed by atoms with E-state index in [2.05, 4.69) is 10.4 Å². The molecule has 0 bridgehead atoms. The van der Waals surface area contributed by atoms with E-state index in [9.17, 15) is 9.90 Å². The lowest BCUT2D eigenvalue weighted by molar-refractivity contribution is -0.000276. The van der Waals surface area contributed by atoms with Crippen molar-refractivity contribution in [1.29, 1.82) is 0 Å². The predicted octanol–water partition coefficient (Wildman–Crippen LogP) is 2.18. The van der Waals surface area contributed by atoms with E-state index in [1.165, 1.54) is 0 Å². The lowest BCUT2D eigenvalue weighted by Crippen LogP contribution is -2.45. The van der Waals surface area contributed by atoms with Crippen LogP contribution in [0.15, 0.2) is 30.5 Å². The molecule has 1 saturated carbocycles. The van der Waals surface area contributed by atoms with E-state index in [1.807, 2.05) is 0 Å². The van der Waals surface area contributed by atoms with Crippen LogP contribution in [-0.4, -0.2) is 32.4 Å². The van der Waals surface area contributed by atoms with Crippen molar-refractivity contribution in [3.8, 4) is 0 Å². The van der Waals surface area contributed by atoms with E-state index in [1.54, 1.807) is 42.1 Å². The maximum Gasteiger partial charge on any atom is 0.254 e. The fourth-order valence-corrected chi connectivity index (χ4v) is 3.38. The fourth-order valence-electron chi connectivity index (χ4n) is 3.25. The summed E-state index contributed by atoms with van der Waals surface area (Å²) in [6.45, 7) is 1.79. The Hall–Kier alpha value is -2.09. The van der Waals surface area contributed by atoms with Gasteiger partial charge in [0.05, 0.1) is 11.6 Å². The first kappa shape index (κ1) is 17.7. The van der Waals surface area contributed by atoms with Crippen LogP contribution in [0.5, 0.6) is 0 Å². The summed E-state index contributed by atoms with van der Waals surface area (Å²) in [6, 6.07) is 6.70. The van der Waals surface area contributed by atoms with Gasteiger partial charge in [0.1, 0.15) is 5.56 Å². The Kier molecular flexibility index (Phi) is 4.73. The van der Waals surface area contributed by atoms with Crippen LogP contribution < -0.4 is 16.8 Å². The van der Waals surface area contributed by atoms with E-state index in [4.69, 9.17) is 23.1 Å². The Morgan fingerprint density at radius 3 is 2.72 bits per heavy atom. The monoisotopic (exact) mass is 363 g/mol. The minimum absolute atomic E-state index is 0.0981. The fraction of sp³-hybridized carbons (Fsp3) is 0.412. The third-order valence-corrected chi connectivity index (χ3v) is 4.84. The van der Waals surface area contributed by atoms with Crippen molar-refractivity contribution in [1.82, 2.24) is 9.78 Å². The highest BCUT2D eigenvalue weighted by Gasteiger charge is 2.36. The molecule has 1 aromatic heterocycles. The number of nitrogens with two attached hydrogens (primary N) is 2. The molecule has 134 valence electrons. The van der Waals surface area contributed by atoms with Crippen molar-refractivity contribution in [2.24, 2.45) is 11.5 Å². The van der Waals surface area contributed by atoms with Crippen molar-refractivity contribution in [2.75, 3.05) is 5.32 Å². The Morgan fingerprint density at radius 2 is 2.12 bits per heavy atom. The average molecular weight is 364 g/mol. The number of primary amides is 1. The molecule has 2 aromatic rings. The largest absolute Gasteiger partial charge is 0.390 e. The van der Waals surface area contributed by atoms with Gasteiger partial charge in [0.25, 0.3) is 5.91 Å². The highest BCUT2D eigenvalue weighted by atomic mass is 35.5. The molecule has 0 aliphatic heterocycles. The van der Waals surface area contributed by atoms with Crippen LogP contribution in [-0.2, 0) is 0 Å². The summed E-state index contributed by atoms with van der Waals surface area (Å²) in [7, 11) is 0. The second-order valence-corrected chi connectivity index (χ2v) is 7.27. The number of halogens is 1. The van der Waals surface area contributed by atoms with Crippen molar-refractivity contribution in [3.63, 3.8) is 0 Å². The zero-order valence-electron chi connectivity index (χ0n) is 13.9. The molecule has 1 aliphatic rings. The Balaban J connectivity index is 1.87. The molecule has 1 aromatic carbocycles. The van der Waals surface area contributed by atoms with E-state index in [0.717, 1.165) is 5.69 Å². The third-order valence-electron chi connectivity index (χ3n) is 4.59. The van der Waals surface area contributed by atoms with Crippen LogP contribution >= 0.6 is 11.6 Å². The molecule has 0 unspecified atom stereocenters. The molecule has 7 nitrogen and oxygen atoms in total. The lowest BCUT2D eigenvalue weighted by Gasteiger charge is -2.37. The molecule has 8 heteroatoms. The maximum absolute atomic E-state index is 11.8. The Labute approximate surface area is 150 Å². The van der Waals surface area contributed by atoms with Crippen LogP contribution in [0, 0.1) is 0 Å². The van der Waals surface area contributed by atoms with E-state index < -0.39 is 11.5 Å². The van der Waals surface area contributed by atoms with Gasteiger partial charge in [-0.25, -0.2) is 0 Å². The maximum atomic E-state index is 11.8. The predicted molar refractivity (Wildman–Crippen MR) is 97.0 cm³/mol. The van der Waals surface area contributed by atoms with Crippen LogP contribution in [0.4, 0.5) is 11.5 Å². The quantitative estimate of drug-likeness (QED) is 0.663. The summed E-state index contributed by atoms with van der Waals surface area (Å²) < 4.78 is 1.68. The Morgan fingerprint density at radius 1 is 1.44 bits per heavy atom. The summed E-state index contributed by atoms with van der Waals surface area (Å²) >= 11 is 5.89. The molecule has 1 fully saturated rings. The molecule has 1 amide bonds. The number of hydrogen-bond acceptors (Lipinski definition) is 5. The van der Waals surface area contributed by atoms with Crippen LogP contribution in [0.25, 0.3) is 0 Å². The van der Waals surface area contributed by atoms with Gasteiger partial charge in [-0.2, -0.15) is 5.10 Å². The minimum atomic E-state index is -0.764. The van der Waals surface area contributed by atoms with Gasteiger partial charge in [0.15, 0.2) is 5.82 Å². The number of anilines is 2. The second-order valence-electron chi connectivity index (χ2n) is 6.84. The number of carbonyl (C=O) groups is 1. The first-order chi connectivity index (χ1) is 11.7. The number of aliphatic hydroxyl groups is 1. The molecule has 0 saturated heterocycles. The van der Waals surface area contributed by atoms with E-state index >= 15 is 0 Å². The first-order valence-corrected chi connectivity index (χ1v) is 8.52. The zero-order valence-corrected chi connectivity index (χ0v) is 14.7. The van der Waals surface area contributed by atoms with E-state index in [0.29, 0.717) is 35.7 Å². The summed E-state index contributed by atoms with van der Waals surface area (Å²) in [6.07, 6.45) is 3.39. The number of benzene rings is 1. The number of rotatable bonds is 4. The molecule has 0 radical (unpaired) electrons. The van der Waals surface area contributed by atoms with Gasteiger partial charge in [-0.15, -0.1) is 0 Å². The topological polar surface area (TPSA) is 119 Å². The average Bonchev–Trinajstić information content (AvgIpc) is 2.92. The van der Waals surface area contributed by atoms with Gasteiger partial charge in [-0.05, 0) is 50.5 Å². The normalized spacial score (nSPS) is 26.4. The number of nitrogens with one attached hydrogen (secondary N) is 1. The highest BCUT2D eigenvalue weighted by Crippen LogP contribution is 2.34. The van der Waals surface area contributed by atoms with Crippen LogP contribution in [0.3, 0.4) is 0 Å². The van der Waals surface area contributed by atoms with Crippen LogP contribution in [0.2, 0.25) is 5.02 Å². The van der Waals surface area contributed by atoms with Crippen LogP contribution in [0.1, 0.15) is 42.6 Å². The summed E-state index contributed by atoms with van der Waals surface area (Å²) in [5.41, 5.74) is 12.0. The number of nitrogens with zero attached hydrogens (tertiary/aromatic N) is 2. The van der Waals surface area contributed by atoms with Crippen molar-refractivity contribution in [2.45, 2.75) is 43.9 Å². The summed E-state index contributed by atoms with van der Waals surface area (Å²) in [5.74, 6) is -0.196. The molecule has 3 rings (SSSR count). The van der Waals surface area contributed by atoms with Gasteiger partial charge in [-0.1, -0.05) is 11.6 Å². The summed E-state index contributed by atoms with van der Waals surface area (Å²) in [5, 5.41) is 18.4. The van der Waals surface area contributed by atoms with Gasteiger partial charge < -0.3 is 21.9 Å². The van der Waals surface area contributed by atoms with Crippen molar-refractivity contribution in [3.05, 3.63) is 41.0 Å². The van der Waals surface area contributed by atoms with Crippen molar-refractivity contribution >= 4 is 29.0 Å². The molecule has 6 N–H and O–H groups in total. The molecule has 0 spiro atoms. The van der Waals surface area contributed by atoms with Gasteiger partial charge in [0, 0.05) is 22.9 Å². The number of amides is 1. The molecule has 25 heavy (non-hydrogen) atoms. The second kappa shape index (κ2) is 6.67. The molecule has 1 aliphatic carbocycles. The highest BCUT2D eigenvalue weighted by molar-refractivity contribution is 6.30. The molecule has 1 heterocycles. The third kappa shape index (κ3) is 3.95. The smallest absolute Gasteiger partial charge is 0.254 e. The first-order valence-electron chi connectivity index (χ1n) is 8.15. The van der Waals surface area contributed by atoms with E-state index in [-0.39, 0.29) is 12.1 Å². The molecular formula is C17H22ClN5O2. The molecular weight excluding hydrogens is 342 g/mol. The SMILES string of the molecule is C[C@]1(O)CC[C@H](n2cc(C(N)=O)c(Nc3ccc(Cl)cc3)n2)[C@@H](N)C1. The summed E-state index contributed by atoms with van der Waals surface area (Å²) in [4.78, 5) is 11.8. The lowest BCUT2D eigenvalue weighted by atomic mass is 9.80. The Bertz CT molecular complexity index is 772. The minimum Gasteiger partial charge on any atom is -0.390 e. The molecule has 3 atom stereocenters. The zero-order chi connectivity index (χ0) is 18.2. The van der Waals surface area contributed by atoms with Gasteiger partial charge in [0.2, 0.25) is 0 Å². The van der Waals surface area contributed by atoms with Gasteiger partial charge >= 0.3 is 0 Å². The number of carbonyl (C=O) groups excluding carboxylic acids is 1.